The van der Waals surface area contributed by atoms with E-state index in [1.165, 1.54) is 49.9 Å². The third-order valence-electron chi connectivity index (χ3n) is 7.18. The maximum absolute atomic E-state index is 12.9. The number of rotatable bonds is 8. The first-order chi connectivity index (χ1) is 14.0. The van der Waals surface area contributed by atoms with Gasteiger partial charge < -0.3 is 14.7 Å². The number of piperidine rings is 2. The molecule has 0 bridgehead atoms. The minimum absolute atomic E-state index is 0.393. The summed E-state index contributed by atoms with van der Waals surface area (Å²) in [7, 11) is 2.18. The van der Waals surface area contributed by atoms with Gasteiger partial charge in [0.1, 0.15) is 0 Å². The molecule has 0 saturated carbocycles. The Labute approximate surface area is 178 Å². The van der Waals surface area contributed by atoms with Crippen LogP contribution in [-0.4, -0.2) is 73.5 Å². The molecule has 29 heavy (non-hydrogen) atoms. The highest BCUT2D eigenvalue weighted by Crippen LogP contribution is 2.23. The molecule has 0 atom stereocenters. The molecule has 1 aromatic rings. The van der Waals surface area contributed by atoms with Gasteiger partial charge in [0.25, 0.3) is 0 Å². The molecule has 2 aliphatic rings. The van der Waals surface area contributed by atoms with Crippen LogP contribution in [0, 0.1) is 18.8 Å². The smallest absolute Gasteiger partial charge is 0.222 e. The molecule has 4 nitrogen and oxygen atoms in total. The van der Waals surface area contributed by atoms with Gasteiger partial charge >= 0.3 is 0 Å². The topological polar surface area (TPSA) is 26.8 Å². The minimum Gasteiger partial charge on any atom is -0.343 e. The molecule has 3 rings (SSSR count). The van der Waals surface area contributed by atoms with E-state index in [0.29, 0.717) is 17.7 Å². The molecule has 0 unspecified atom stereocenters. The molecule has 0 aromatic heterocycles. The third-order valence-corrected chi connectivity index (χ3v) is 7.18. The Bertz CT molecular complexity index is 631. The molecular weight excluding hydrogens is 358 g/mol. The summed E-state index contributed by atoms with van der Waals surface area (Å²) in [5.74, 6) is 1.66. The van der Waals surface area contributed by atoms with Gasteiger partial charge in [0.2, 0.25) is 5.91 Å². The van der Waals surface area contributed by atoms with Gasteiger partial charge in [-0.25, -0.2) is 0 Å². The van der Waals surface area contributed by atoms with E-state index < -0.39 is 0 Å². The Morgan fingerprint density at radius 3 is 2.34 bits per heavy atom. The van der Waals surface area contributed by atoms with Crippen LogP contribution in [0.3, 0.4) is 0 Å². The van der Waals surface area contributed by atoms with Crippen LogP contribution in [0.2, 0.25) is 0 Å². The molecule has 0 N–H and O–H groups in total. The maximum atomic E-state index is 12.9. The summed E-state index contributed by atoms with van der Waals surface area (Å²) in [4.78, 5) is 20.0. The van der Waals surface area contributed by atoms with Crippen molar-refractivity contribution in [2.24, 2.45) is 11.8 Å². The molecule has 162 valence electrons. The maximum Gasteiger partial charge on any atom is 0.222 e. The van der Waals surface area contributed by atoms with E-state index in [1.807, 2.05) is 0 Å². The van der Waals surface area contributed by atoms with E-state index in [-0.39, 0.29) is 0 Å². The second-order valence-electron chi connectivity index (χ2n) is 9.34. The Balaban J connectivity index is 1.38. The normalized spacial score (nSPS) is 20.1. The minimum atomic E-state index is 0.393. The van der Waals surface area contributed by atoms with Crippen LogP contribution >= 0.6 is 0 Å². The van der Waals surface area contributed by atoms with Crippen molar-refractivity contribution in [2.75, 3.05) is 52.9 Å². The highest BCUT2D eigenvalue weighted by Gasteiger charge is 2.25. The summed E-state index contributed by atoms with van der Waals surface area (Å²) >= 11 is 0. The molecule has 2 fully saturated rings. The van der Waals surface area contributed by atoms with Crippen LogP contribution in [0.5, 0.6) is 0 Å². The van der Waals surface area contributed by atoms with Gasteiger partial charge in [-0.15, -0.1) is 0 Å². The number of likely N-dealkylation sites (tertiary alicyclic amines) is 2. The zero-order valence-electron chi connectivity index (χ0n) is 18.9. The molecule has 1 aromatic carbocycles. The molecule has 0 radical (unpaired) electrons. The molecule has 4 heteroatoms. The van der Waals surface area contributed by atoms with Crippen molar-refractivity contribution in [3.63, 3.8) is 0 Å². The van der Waals surface area contributed by atoms with Crippen molar-refractivity contribution < 1.29 is 4.79 Å². The highest BCUT2D eigenvalue weighted by molar-refractivity contribution is 5.76. The Morgan fingerprint density at radius 1 is 1.03 bits per heavy atom. The number of carbonyl (C=O) groups excluding carboxylic acids is 1. The number of nitrogens with zero attached hydrogens (tertiary/aromatic N) is 3. The zero-order chi connectivity index (χ0) is 20.6. The van der Waals surface area contributed by atoms with Crippen LogP contribution in [0.1, 0.15) is 50.2 Å². The van der Waals surface area contributed by atoms with Gasteiger partial charge in [-0.05, 0) is 102 Å². The van der Waals surface area contributed by atoms with Crippen LogP contribution < -0.4 is 0 Å². The first-order valence-corrected chi connectivity index (χ1v) is 11.8. The molecule has 2 aliphatic heterocycles. The number of hydrogen-bond acceptors (Lipinski definition) is 3. The number of aryl methyl sites for hydroxylation is 1. The van der Waals surface area contributed by atoms with Crippen LogP contribution in [0.4, 0.5) is 0 Å². The summed E-state index contributed by atoms with van der Waals surface area (Å²) in [6.45, 7) is 12.0. The molecule has 0 aliphatic carbocycles. The van der Waals surface area contributed by atoms with Crippen LogP contribution in [0.25, 0.3) is 0 Å². The SMILES string of the molecule is CCN(CC1CCN(CCc2ccccc2C)CC1)C(=O)CC1CCN(C)CC1. The summed E-state index contributed by atoms with van der Waals surface area (Å²) < 4.78 is 0. The fraction of sp³-hybridized carbons (Fsp3) is 0.720. The molecule has 0 spiro atoms. The zero-order valence-corrected chi connectivity index (χ0v) is 18.9. The van der Waals surface area contributed by atoms with E-state index in [9.17, 15) is 4.79 Å². The lowest BCUT2D eigenvalue weighted by atomic mass is 9.92. The summed E-state index contributed by atoms with van der Waals surface area (Å²) in [6, 6.07) is 8.75. The lowest BCUT2D eigenvalue weighted by Crippen LogP contribution is -2.42. The number of amides is 1. The van der Waals surface area contributed by atoms with E-state index in [0.717, 1.165) is 45.6 Å². The predicted molar refractivity (Wildman–Crippen MR) is 121 cm³/mol. The quantitative estimate of drug-likeness (QED) is 0.665. The summed E-state index contributed by atoms with van der Waals surface area (Å²) in [5, 5.41) is 0. The van der Waals surface area contributed by atoms with Crippen LogP contribution in [-0.2, 0) is 11.2 Å². The summed E-state index contributed by atoms with van der Waals surface area (Å²) in [5.41, 5.74) is 2.88. The van der Waals surface area contributed by atoms with Gasteiger partial charge in [-0.2, -0.15) is 0 Å². The monoisotopic (exact) mass is 399 g/mol. The van der Waals surface area contributed by atoms with E-state index in [4.69, 9.17) is 0 Å². The van der Waals surface area contributed by atoms with Crippen molar-refractivity contribution >= 4 is 5.91 Å². The number of benzene rings is 1. The lowest BCUT2D eigenvalue weighted by molar-refractivity contribution is -0.133. The Hall–Kier alpha value is -1.39. The highest BCUT2D eigenvalue weighted by atomic mass is 16.2. The fourth-order valence-corrected chi connectivity index (χ4v) is 4.92. The average molecular weight is 400 g/mol. The Morgan fingerprint density at radius 2 is 1.69 bits per heavy atom. The van der Waals surface area contributed by atoms with Gasteiger partial charge in [0.05, 0.1) is 0 Å². The second-order valence-corrected chi connectivity index (χ2v) is 9.34. The molecule has 2 saturated heterocycles. The van der Waals surface area contributed by atoms with Crippen molar-refractivity contribution in [1.29, 1.82) is 0 Å². The predicted octanol–water partition coefficient (Wildman–Crippen LogP) is 3.83. The van der Waals surface area contributed by atoms with Crippen LogP contribution in [0.15, 0.2) is 24.3 Å². The van der Waals surface area contributed by atoms with Crippen molar-refractivity contribution in [2.45, 2.75) is 52.4 Å². The summed E-state index contributed by atoms with van der Waals surface area (Å²) in [6.07, 6.45) is 6.72. The van der Waals surface area contributed by atoms with Gasteiger partial charge in [-0.3, -0.25) is 4.79 Å². The largest absolute Gasteiger partial charge is 0.343 e. The van der Waals surface area contributed by atoms with Gasteiger partial charge in [-0.1, -0.05) is 24.3 Å². The molecule has 1 amide bonds. The van der Waals surface area contributed by atoms with E-state index in [1.54, 1.807) is 0 Å². The molecule has 2 heterocycles. The van der Waals surface area contributed by atoms with E-state index >= 15 is 0 Å². The van der Waals surface area contributed by atoms with E-state index in [2.05, 4.69) is 59.9 Å². The average Bonchev–Trinajstić information content (AvgIpc) is 2.74. The fourth-order valence-electron chi connectivity index (χ4n) is 4.92. The van der Waals surface area contributed by atoms with Crippen molar-refractivity contribution in [3.05, 3.63) is 35.4 Å². The Kier molecular flexibility index (Phi) is 8.55. The second kappa shape index (κ2) is 11.1. The van der Waals surface area contributed by atoms with Crippen molar-refractivity contribution in [3.8, 4) is 0 Å². The number of carbonyl (C=O) groups is 1. The third kappa shape index (κ3) is 6.82. The standard InChI is InChI=1S/C25H41N3O/c1-4-28(25(29)19-22-9-14-26(3)15-10-22)20-23-11-16-27(17-12-23)18-13-24-8-6-5-7-21(24)2/h5-8,22-23H,4,9-20H2,1-3H3. The van der Waals surface area contributed by atoms with Gasteiger partial charge in [0.15, 0.2) is 0 Å². The first kappa shape index (κ1) is 22.3. The first-order valence-electron chi connectivity index (χ1n) is 11.8. The number of hydrogen-bond donors (Lipinski definition) is 0. The van der Waals surface area contributed by atoms with Crippen molar-refractivity contribution in [1.82, 2.24) is 14.7 Å². The molecular formula is C25H41N3O. The van der Waals surface area contributed by atoms with Gasteiger partial charge in [0, 0.05) is 26.1 Å². The lowest BCUT2D eigenvalue weighted by Gasteiger charge is -2.35.